The smallest absolute Gasteiger partial charge is 0.335 e. The number of carboxylic acid groups (broad SMARTS) is 1. The third-order valence-electron chi connectivity index (χ3n) is 6.58. The highest BCUT2D eigenvalue weighted by Crippen LogP contribution is 2.39. The molecule has 0 aliphatic carbocycles. The molecule has 0 unspecified atom stereocenters. The second-order valence-corrected chi connectivity index (χ2v) is 11.6. The summed E-state index contributed by atoms with van der Waals surface area (Å²) in [5, 5.41) is 9.78. The van der Waals surface area contributed by atoms with E-state index < -0.39 is 5.97 Å². The van der Waals surface area contributed by atoms with Gasteiger partial charge in [0.2, 0.25) is 0 Å². The van der Waals surface area contributed by atoms with Gasteiger partial charge < -0.3 is 14.6 Å². The van der Waals surface area contributed by atoms with E-state index in [2.05, 4.69) is 15.9 Å². The lowest BCUT2D eigenvalue weighted by molar-refractivity contribution is -0.122. The van der Waals surface area contributed by atoms with Crippen LogP contribution in [0.5, 0.6) is 11.5 Å². The van der Waals surface area contributed by atoms with Crippen LogP contribution in [0.15, 0.2) is 105 Å². The molecule has 0 spiro atoms. The minimum absolute atomic E-state index is 0.186. The maximum Gasteiger partial charge on any atom is 0.335 e. The van der Waals surface area contributed by atoms with E-state index in [0.717, 1.165) is 26.9 Å². The van der Waals surface area contributed by atoms with Crippen molar-refractivity contribution in [2.45, 2.75) is 27.0 Å². The summed E-state index contributed by atoms with van der Waals surface area (Å²) in [5.41, 5.74) is 4.69. The number of carboxylic acids is 1. The van der Waals surface area contributed by atoms with Crippen LogP contribution in [0.4, 0.5) is 5.69 Å². The molecule has 1 fully saturated rings. The number of aliphatic imine (C=N–C) groups is 1. The van der Waals surface area contributed by atoms with Gasteiger partial charge in [0.1, 0.15) is 6.61 Å². The molecule has 0 aromatic heterocycles. The van der Waals surface area contributed by atoms with Crippen LogP contribution in [0.2, 0.25) is 0 Å². The molecule has 1 aliphatic heterocycles. The third-order valence-corrected chi connectivity index (χ3v) is 8.27. The quantitative estimate of drug-likeness (QED) is 0.173. The number of halogens is 1. The van der Waals surface area contributed by atoms with E-state index in [-0.39, 0.29) is 18.0 Å². The van der Waals surface area contributed by atoms with Crippen LogP contribution in [0.1, 0.15) is 39.5 Å². The number of carbonyl (C=O) groups excluding carboxylic acids is 1. The van der Waals surface area contributed by atoms with Gasteiger partial charge in [-0.05, 0) is 84.8 Å². The first-order chi connectivity index (χ1) is 20.8. The standard InChI is InChI=1S/C34H29BrN2O5S/c1-3-41-29-17-26(28(35)19-30(29)42-21-24-11-9-22(2)10-12-24)18-31-32(38)37(20-23-13-15-25(16-14-23)33(39)40)34(43-31)36-27-7-5-4-6-8-27/h4-19H,3,20-21H2,1-2H3,(H,39,40)/b31-18-,36-34?. The highest BCUT2D eigenvalue weighted by molar-refractivity contribution is 9.10. The number of hydrogen-bond donors (Lipinski definition) is 1. The van der Waals surface area contributed by atoms with Gasteiger partial charge in [0, 0.05) is 4.47 Å². The average Bonchev–Trinajstić information content (AvgIpc) is 3.28. The number of rotatable bonds is 10. The minimum atomic E-state index is -1.00. The van der Waals surface area contributed by atoms with Gasteiger partial charge in [-0.1, -0.05) is 76.1 Å². The van der Waals surface area contributed by atoms with Crippen LogP contribution in [0, 0.1) is 6.92 Å². The van der Waals surface area contributed by atoms with Crippen LogP contribution in [-0.4, -0.2) is 33.7 Å². The number of hydrogen-bond acceptors (Lipinski definition) is 6. The number of aromatic carboxylic acids is 1. The molecule has 0 radical (unpaired) electrons. The molecule has 0 saturated carbocycles. The molecule has 1 aliphatic rings. The molecule has 5 rings (SSSR count). The minimum Gasteiger partial charge on any atom is -0.490 e. The molecule has 1 heterocycles. The number of amidine groups is 1. The number of nitrogens with zero attached hydrogens (tertiary/aromatic N) is 2. The fourth-order valence-corrected chi connectivity index (χ4v) is 5.73. The number of ether oxygens (including phenoxy) is 2. The van der Waals surface area contributed by atoms with Crippen molar-refractivity contribution in [2.75, 3.05) is 6.61 Å². The van der Waals surface area contributed by atoms with Crippen molar-refractivity contribution >= 4 is 56.5 Å². The fourth-order valence-electron chi connectivity index (χ4n) is 4.31. The van der Waals surface area contributed by atoms with E-state index in [1.54, 1.807) is 17.0 Å². The molecule has 7 nitrogen and oxygen atoms in total. The van der Waals surface area contributed by atoms with Crippen molar-refractivity contribution in [3.63, 3.8) is 0 Å². The van der Waals surface area contributed by atoms with Crippen LogP contribution in [0.25, 0.3) is 6.08 Å². The first kappa shape index (κ1) is 30.1. The van der Waals surface area contributed by atoms with Crippen molar-refractivity contribution < 1.29 is 24.2 Å². The third kappa shape index (κ3) is 7.55. The molecule has 0 atom stereocenters. The van der Waals surface area contributed by atoms with Gasteiger partial charge in [-0.3, -0.25) is 9.69 Å². The van der Waals surface area contributed by atoms with Crippen LogP contribution in [0.3, 0.4) is 0 Å². The largest absolute Gasteiger partial charge is 0.490 e. The maximum absolute atomic E-state index is 13.8. The molecule has 1 amide bonds. The van der Waals surface area contributed by atoms with E-state index >= 15 is 0 Å². The van der Waals surface area contributed by atoms with Gasteiger partial charge in [-0.15, -0.1) is 0 Å². The summed E-state index contributed by atoms with van der Waals surface area (Å²) in [6.07, 6.45) is 1.82. The molecule has 1 saturated heterocycles. The molecule has 43 heavy (non-hydrogen) atoms. The lowest BCUT2D eigenvalue weighted by Crippen LogP contribution is -2.28. The molecule has 9 heteroatoms. The van der Waals surface area contributed by atoms with E-state index in [1.807, 2.05) is 86.7 Å². The second-order valence-electron chi connectivity index (χ2n) is 9.76. The Labute approximate surface area is 263 Å². The summed E-state index contributed by atoms with van der Waals surface area (Å²) < 4.78 is 12.8. The Bertz CT molecular complexity index is 1690. The summed E-state index contributed by atoms with van der Waals surface area (Å²) >= 11 is 4.94. The zero-order valence-electron chi connectivity index (χ0n) is 23.6. The Balaban J connectivity index is 1.44. The first-order valence-electron chi connectivity index (χ1n) is 13.6. The van der Waals surface area contributed by atoms with Gasteiger partial charge in [0.15, 0.2) is 16.7 Å². The summed E-state index contributed by atoms with van der Waals surface area (Å²) in [5.74, 6) is -0.0284. The SMILES string of the molecule is CCOc1cc(/C=C2\SC(=Nc3ccccc3)N(Cc3ccc(C(=O)O)cc3)C2=O)c(Br)cc1OCc1ccc(C)cc1. The van der Waals surface area contributed by atoms with Gasteiger partial charge in [-0.2, -0.15) is 0 Å². The Morgan fingerprint density at radius 1 is 0.953 bits per heavy atom. The van der Waals surface area contributed by atoms with Crippen LogP contribution < -0.4 is 9.47 Å². The highest BCUT2D eigenvalue weighted by Gasteiger charge is 2.34. The summed E-state index contributed by atoms with van der Waals surface area (Å²) in [6.45, 7) is 5.04. The zero-order valence-corrected chi connectivity index (χ0v) is 26.0. The van der Waals surface area contributed by atoms with Gasteiger partial charge in [0.05, 0.1) is 29.3 Å². The summed E-state index contributed by atoms with van der Waals surface area (Å²) in [6, 6.07) is 27.8. The second kappa shape index (κ2) is 13.8. The lowest BCUT2D eigenvalue weighted by atomic mass is 10.1. The van der Waals surface area contributed by atoms with Gasteiger partial charge in [0.25, 0.3) is 5.91 Å². The first-order valence-corrected chi connectivity index (χ1v) is 15.2. The summed E-state index contributed by atoms with van der Waals surface area (Å²) in [7, 11) is 0. The van der Waals surface area contributed by atoms with Crippen LogP contribution in [-0.2, 0) is 17.9 Å². The number of carbonyl (C=O) groups is 2. The van der Waals surface area contributed by atoms with Crippen molar-refractivity contribution in [3.05, 3.63) is 128 Å². The highest BCUT2D eigenvalue weighted by atomic mass is 79.9. The van der Waals surface area contributed by atoms with Gasteiger partial charge in [-0.25, -0.2) is 9.79 Å². The predicted octanol–water partition coefficient (Wildman–Crippen LogP) is 8.24. The Morgan fingerprint density at radius 2 is 1.63 bits per heavy atom. The predicted molar refractivity (Wildman–Crippen MR) is 174 cm³/mol. The van der Waals surface area contributed by atoms with Crippen molar-refractivity contribution in [2.24, 2.45) is 4.99 Å². The van der Waals surface area contributed by atoms with E-state index in [1.165, 1.54) is 29.5 Å². The monoisotopic (exact) mass is 656 g/mol. The van der Waals surface area contributed by atoms with Crippen molar-refractivity contribution in [1.29, 1.82) is 0 Å². The number of thioether (sulfide) groups is 1. The maximum atomic E-state index is 13.8. The Kier molecular flexibility index (Phi) is 9.64. The van der Waals surface area contributed by atoms with Gasteiger partial charge >= 0.3 is 5.97 Å². The molecular formula is C34H29BrN2O5S. The average molecular weight is 658 g/mol. The topological polar surface area (TPSA) is 88.4 Å². The lowest BCUT2D eigenvalue weighted by Gasteiger charge is -2.16. The van der Waals surface area contributed by atoms with Crippen molar-refractivity contribution in [1.82, 2.24) is 4.90 Å². The number of benzene rings is 4. The molecule has 1 N–H and O–H groups in total. The number of aryl methyl sites for hydroxylation is 1. The molecule has 4 aromatic rings. The summed E-state index contributed by atoms with van der Waals surface area (Å²) in [4.78, 5) is 31.9. The van der Waals surface area contributed by atoms with Crippen molar-refractivity contribution in [3.8, 4) is 11.5 Å². The van der Waals surface area contributed by atoms with E-state index in [0.29, 0.717) is 34.8 Å². The zero-order chi connectivity index (χ0) is 30.3. The van der Waals surface area contributed by atoms with Crippen LogP contribution >= 0.6 is 27.7 Å². The van der Waals surface area contributed by atoms with E-state index in [4.69, 9.17) is 14.5 Å². The number of amides is 1. The molecular weight excluding hydrogens is 628 g/mol. The Morgan fingerprint density at radius 3 is 2.30 bits per heavy atom. The molecule has 4 aromatic carbocycles. The normalized spacial score (nSPS) is 14.9. The molecule has 218 valence electrons. The molecule has 0 bridgehead atoms. The Hall–Kier alpha value is -4.34. The van der Waals surface area contributed by atoms with E-state index in [9.17, 15) is 14.7 Å². The number of para-hydroxylation sites is 1. The fraction of sp³-hybridized carbons (Fsp3) is 0.147.